The van der Waals surface area contributed by atoms with Crippen LogP contribution in [0.5, 0.6) is 0 Å². The van der Waals surface area contributed by atoms with Gasteiger partial charge in [0, 0.05) is 26.3 Å². The summed E-state index contributed by atoms with van der Waals surface area (Å²) in [5, 5.41) is 5.03. The zero-order valence-electron chi connectivity index (χ0n) is 29.1. The van der Waals surface area contributed by atoms with Crippen LogP contribution in [0.1, 0.15) is 99.6 Å². The molecule has 47 heavy (non-hydrogen) atoms. The molecule has 0 saturated carbocycles. The molecule has 0 radical (unpaired) electrons. The second-order valence-corrected chi connectivity index (χ2v) is 11.7. The highest BCUT2D eigenvalue weighted by molar-refractivity contribution is 5.78. The van der Waals surface area contributed by atoms with E-state index in [1.807, 2.05) is 6.92 Å². The van der Waals surface area contributed by atoms with Crippen LogP contribution in [-0.2, 0) is 33.2 Å². The summed E-state index contributed by atoms with van der Waals surface area (Å²) in [5.41, 5.74) is -1.70. The molecule has 0 aliphatic carbocycles. The van der Waals surface area contributed by atoms with Crippen molar-refractivity contribution in [2.75, 3.05) is 38.8 Å². The molecule has 270 valence electrons. The predicted octanol–water partition coefficient (Wildman–Crippen LogP) is 5.90. The number of nitrogens with one attached hydrogen (secondary N) is 2. The molecule has 13 nitrogen and oxygen atoms in total. The first-order valence-corrected chi connectivity index (χ1v) is 16.2. The fraction of sp³-hybridized carbons (Fsp3) is 0.750. The van der Waals surface area contributed by atoms with Gasteiger partial charge in [-0.05, 0) is 65.5 Å². The van der Waals surface area contributed by atoms with Crippen molar-refractivity contribution in [2.45, 2.75) is 124 Å². The van der Waals surface area contributed by atoms with Gasteiger partial charge >= 0.3 is 17.8 Å². The number of hydrogen-bond acceptors (Lipinski definition) is 11. The van der Waals surface area contributed by atoms with Crippen LogP contribution in [0, 0.1) is 0 Å². The third-order valence-electron chi connectivity index (χ3n) is 6.31. The molecule has 2 aliphatic rings. The maximum Gasteiger partial charge on any atom is 0.408 e. The predicted molar refractivity (Wildman–Crippen MR) is 172 cm³/mol. The number of unbranched alkanes of at least 4 members (excludes halogenated alkanes) is 1. The topological polar surface area (TPSA) is 148 Å². The zero-order valence-corrected chi connectivity index (χ0v) is 29.1. The number of carbonyl (C=O) groups is 2. The first-order valence-electron chi connectivity index (χ1n) is 16.2. The number of nitrogens with zero attached hydrogens (tertiary/aromatic N) is 2. The molecule has 0 bridgehead atoms. The lowest BCUT2D eigenvalue weighted by molar-refractivity contribution is -0.149. The van der Waals surface area contributed by atoms with Crippen molar-refractivity contribution in [1.82, 2.24) is 14.9 Å². The van der Waals surface area contributed by atoms with Crippen LogP contribution in [0.3, 0.4) is 0 Å². The van der Waals surface area contributed by atoms with E-state index in [-0.39, 0.29) is 12.1 Å². The number of carbonyl (C=O) groups excluding carboxylic acids is 2. The fourth-order valence-electron chi connectivity index (χ4n) is 3.97. The third kappa shape index (κ3) is 16.9. The van der Waals surface area contributed by atoms with Gasteiger partial charge in [0.15, 0.2) is 12.2 Å². The van der Waals surface area contributed by atoms with Crippen molar-refractivity contribution < 1.29 is 46.8 Å². The molecule has 3 heterocycles. The number of rotatable bonds is 12. The quantitative estimate of drug-likeness (QED) is 0.201. The monoisotopic (exact) mass is 676 g/mol. The minimum Gasteiger partial charge on any atom is -0.479 e. The normalized spacial score (nSPS) is 20.5. The highest BCUT2D eigenvalue weighted by Gasteiger charge is 2.52. The van der Waals surface area contributed by atoms with E-state index in [1.54, 1.807) is 40.9 Å². The van der Waals surface area contributed by atoms with Crippen molar-refractivity contribution >= 4 is 17.9 Å². The Hall–Kier alpha value is -3.30. The average molecular weight is 677 g/mol. The van der Waals surface area contributed by atoms with Crippen molar-refractivity contribution in [3.8, 4) is 0 Å². The SMILES string of the molecule is CC/C=C(\Nc1ccn(C2OC(COC(=O)CNC(=O)OC(C)(C)C)CC2(F)F)c(=O)n1)OCC.CCCC.COC1CCCCO1. The third-order valence-corrected chi connectivity index (χ3v) is 6.31. The Labute approximate surface area is 276 Å². The lowest BCUT2D eigenvalue weighted by atomic mass is 10.2. The summed E-state index contributed by atoms with van der Waals surface area (Å²) in [4.78, 5) is 39.6. The first-order chi connectivity index (χ1) is 22.2. The van der Waals surface area contributed by atoms with Crippen molar-refractivity contribution in [3.63, 3.8) is 0 Å². The summed E-state index contributed by atoms with van der Waals surface area (Å²) in [6.45, 7) is 13.3. The fourth-order valence-corrected chi connectivity index (χ4v) is 3.97. The summed E-state index contributed by atoms with van der Waals surface area (Å²) in [6.07, 6.45) is 5.12. The molecule has 0 spiro atoms. The van der Waals surface area contributed by atoms with Crippen LogP contribution in [0.2, 0.25) is 0 Å². The number of methoxy groups -OCH3 is 1. The minimum absolute atomic E-state index is 0.0868. The number of amides is 1. The van der Waals surface area contributed by atoms with Crippen LogP contribution < -0.4 is 16.3 Å². The number of allylic oxidation sites excluding steroid dienone is 1. The number of hydrogen-bond donors (Lipinski definition) is 2. The lowest BCUT2D eigenvalue weighted by Crippen LogP contribution is -2.36. The number of anilines is 1. The van der Waals surface area contributed by atoms with E-state index in [1.165, 1.54) is 31.7 Å². The number of esters is 1. The Morgan fingerprint density at radius 3 is 2.36 bits per heavy atom. The molecule has 15 heteroatoms. The molecule has 1 aromatic rings. The molecule has 2 saturated heterocycles. The van der Waals surface area contributed by atoms with E-state index in [0.29, 0.717) is 23.5 Å². The first kappa shape index (κ1) is 41.7. The lowest BCUT2D eigenvalue weighted by Gasteiger charge is -2.20. The molecule has 3 unspecified atom stereocenters. The molecule has 3 rings (SSSR count). The summed E-state index contributed by atoms with van der Waals surface area (Å²) >= 11 is 0. The van der Waals surface area contributed by atoms with Crippen LogP contribution in [0.15, 0.2) is 29.0 Å². The maximum atomic E-state index is 14.6. The zero-order chi connectivity index (χ0) is 35.5. The van der Waals surface area contributed by atoms with Crippen molar-refractivity contribution in [1.29, 1.82) is 0 Å². The molecule has 2 N–H and O–H groups in total. The number of alkyl halides is 2. The minimum atomic E-state index is -3.41. The van der Waals surface area contributed by atoms with E-state index in [2.05, 4.69) is 29.5 Å². The molecule has 1 aromatic heterocycles. The summed E-state index contributed by atoms with van der Waals surface area (Å²) < 4.78 is 60.7. The van der Waals surface area contributed by atoms with Crippen molar-refractivity contribution in [2.24, 2.45) is 0 Å². The van der Waals surface area contributed by atoms with E-state index in [4.69, 9.17) is 28.4 Å². The Morgan fingerprint density at radius 2 is 1.85 bits per heavy atom. The van der Waals surface area contributed by atoms with Gasteiger partial charge < -0.3 is 39.1 Å². The van der Waals surface area contributed by atoms with E-state index >= 15 is 0 Å². The van der Waals surface area contributed by atoms with Gasteiger partial charge in [-0.2, -0.15) is 4.98 Å². The smallest absolute Gasteiger partial charge is 0.408 e. The van der Waals surface area contributed by atoms with E-state index < -0.39 is 61.2 Å². The van der Waals surface area contributed by atoms with E-state index in [9.17, 15) is 23.2 Å². The highest BCUT2D eigenvalue weighted by Crippen LogP contribution is 2.42. The Bertz CT molecular complexity index is 1150. The Kier molecular flexibility index (Phi) is 19.1. The van der Waals surface area contributed by atoms with Gasteiger partial charge in [-0.3, -0.25) is 9.36 Å². The number of alkyl carbamates (subject to hydrolysis) is 1. The average Bonchev–Trinajstić information content (AvgIpc) is 3.32. The van der Waals surface area contributed by atoms with Crippen LogP contribution >= 0.6 is 0 Å². The summed E-state index contributed by atoms with van der Waals surface area (Å²) in [5.74, 6) is -3.75. The maximum absolute atomic E-state index is 14.6. The molecule has 1 amide bonds. The molecule has 3 atom stereocenters. The standard InChI is InChI=1S/C22H32F2N4O7.C6H12O2.C4H10/c1-6-8-16(32-7-2)26-15-9-10-28(19(30)27-15)18-22(23,24)11-14(34-18)13-33-17(29)12-25-20(31)35-21(3,4)5;1-7-6-4-2-3-5-8-6;1-3-4-2/h8-10,14,18H,6-7,11-13H2,1-5H3,(H,25,31)(H,26,27,30);6H,2-5H2,1H3;3-4H2,1-2H3/b16-8+;;. The number of aromatic nitrogens is 2. The van der Waals surface area contributed by atoms with Gasteiger partial charge in [0.05, 0.1) is 6.61 Å². The number of halogens is 2. The summed E-state index contributed by atoms with van der Waals surface area (Å²) in [6, 6.07) is 1.35. The van der Waals surface area contributed by atoms with Crippen molar-refractivity contribution in [3.05, 3.63) is 34.7 Å². The second kappa shape index (κ2) is 21.5. The summed E-state index contributed by atoms with van der Waals surface area (Å²) in [7, 11) is 1.69. The molecule has 2 fully saturated rings. The molecular weight excluding hydrogens is 622 g/mol. The Morgan fingerprint density at radius 1 is 1.15 bits per heavy atom. The van der Waals surface area contributed by atoms with Crippen LogP contribution in [-0.4, -0.2) is 79.0 Å². The number of ether oxygens (including phenoxy) is 6. The van der Waals surface area contributed by atoms with Crippen LogP contribution in [0.25, 0.3) is 0 Å². The van der Waals surface area contributed by atoms with Gasteiger partial charge in [0.25, 0.3) is 5.92 Å². The van der Waals surface area contributed by atoms with E-state index in [0.717, 1.165) is 19.2 Å². The van der Waals surface area contributed by atoms with Crippen LogP contribution in [0.4, 0.5) is 19.4 Å². The second-order valence-electron chi connectivity index (χ2n) is 11.7. The largest absolute Gasteiger partial charge is 0.479 e. The molecule has 0 aromatic carbocycles. The van der Waals surface area contributed by atoms with Gasteiger partial charge in [-0.25, -0.2) is 18.4 Å². The van der Waals surface area contributed by atoms with Gasteiger partial charge in [0.1, 0.15) is 30.7 Å². The molecular formula is C32H54F2N4O9. The highest BCUT2D eigenvalue weighted by atomic mass is 19.3. The van der Waals surface area contributed by atoms with Gasteiger partial charge in [0.2, 0.25) is 6.23 Å². The van der Waals surface area contributed by atoms with Gasteiger partial charge in [-0.15, -0.1) is 0 Å². The van der Waals surface area contributed by atoms with Gasteiger partial charge in [-0.1, -0.05) is 33.6 Å². The molecule has 2 aliphatic heterocycles. The Balaban J connectivity index is 0.000000770.